The molecule has 0 aliphatic heterocycles. The number of aromatic carboxylic acids is 1. The van der Waals surface area contributed by atoms with Crippen molar-refractivity contribution in [3.8, 4) is 0 Å². The monoisotopic (exact) mass is 724 g/mol. The predicted octanol–water partition coefficient (Wildman–Crippen LogP) is 8.19. The maximum absolute atomic E-state index is 12.4. The zero-order valence-corrected chi connectivity index (χ0v) is 30.2. The standard InChI is InChI=1S/C21H19O2P.C19H15O2P.CH2Cl2/c1-2-23-21(22)19-15-9-10-16-20(19)24(17-11-5-3-6-12-17)18-13-7-4-8-14-18;20-19(21)17-13-7-8-14-18(17)22(15-9-3-1-4-10-15)16-11-5-2-6-12-16;2-1-3/h3-16H,2H2,1H3;1-14H,(H,20,21);1H2. The molecule has 0 aromatic heterocycles. The van der Waals surface area contributed by atoms with Crippen molar-refractivity contribution in [3.05, 3.63) is 181 Å². The van der Waals surface area contributed by atoms with Crippen LogP contribution in [0.15, 0.2) is 170 Å². The summed E-state index contributed by atoms with van der Waals surface area (Å²) in [6.45, 7) is 2.21. The molecule has 6 aromatic rings. The minimum atomic E-state index is -0.880. The number of carbonyl (C=O) groups is 2. The summed E-state index contributed by atoms with van der Waals surface area (Å²) in [4.78, 5) is 24.0. The molecule has 0 bridgehead atoms. The summed E-state index contributed by atoms with van der Waals surface area (Å²) >= 11 is 9.53. The molecule has 0 saturated carbocycles. The number of carboxylic acids is 1. The van der Waals surface area contributed by atoms with Gasteiger partial charge in [-0.25, -0.2) is 9.59 Å². The summed E-state index contributed by atoms with van der Waals surface area (Å²) in [6.07, 6.45) is 0. The Morgan fingerprint density at radius 3 is 1.12 bits per heavy atom. The van der Waals surface area contributed by atoms with Crippen molar-refractivity contribution in [2.45, 2.75) is 6.92 Å². The lowest BCUT2D eigenvalue weighted by Gasteiger charge is -2.21. The highest BCUT2D eigenvalue weighted by molar-refractivity contribution is 7.80. The summed E-state index contributed by atoms with van der Waals surface area (Å²) in [5, 5.41) is 16.4. The van der Waals surface area contributed by atoms with Gasteiger partial charge in [-0.15, -0.1) is 23.2 Å². The van der Waals surface area contributed by atoms with Crippen LogP contribution >= 0.6 is 39.0 Å². The molecule has 0 spiro atoms. The largest absolute Gasteiger partial charge is 0.478 e. The van der Waals surface area contributed by atoms with Gasteiger partial charge in [0.2, 0.25) is 0 Å². The van der Waals surface area contributed by atoms with Gasteiger partial charge in [-0.3, -0.25) is 0 Å². The quantitative estimate of drug-likeness (QED) is 0.0929. The molecule has 0 aliphatic rings. The summed E-state index contributed by atoms with van der Waals surface area (Å²) in [5.41, 5.74) is 1.03. The maximum Gasteiger partial charge on any atom is 0.338 e. The number of ether oxygens (including phenoxy) is 1. The number of halogens is 2. The Labute approximate surface area is 300 Å². The van der Waals surface area contributed by atoms with Gasteiger partial charge < -0.3 is 9.84 Å². The van der Waals surface area contributed by atoms with Gasteiger partial charge in [0.1, 0.15) is 0 Å². The molecule has 0 aliphatic carbocycles. The first-order chi connectivity index (χ1) is 24.0. The first-order valence-corrected chi connectivity index (χ1v) is 19.3. The van der Waals surface area contributed by atoms with Gasteiger partial charge in [0.05, 0.1) is 23.1 Å². The highest BCUT2D eigenvalue weighted by Gasteiger charge is 2.23. The Morgan fingerprint density at radius 2 is 0.796 bits per heavy atom. The molecular weight excluding hydrogens is 689 g/mol. The van der Waals surface area contributed by atoms with Gasteiger partial charge in [0.15, 0.2) is 0 Å². The zero-order chi connectivity index (χ0) is 34.8. The molecule has 0 unspecified atom stereocenters. The van der Waals surface area contributed by atoms with Crippen molar-refractivity contribution in [2.24, 2.45) is 0 Å². The molecule has 6 aromatic carbocycles. The van der Waals surface area contributed by atoms with Crippen LogP contribution in [0.2, 0.25) is 0 Å². The number of rotatable bonds is 9. The molecule has 8 heteroatoms. The smallest absolute Gasteiger partial charge is 0.338 e. The predicted molar refractivity (Wildman–Crippen MR) is 210 cm³/mol. The van der Waals surface area contributed by atoms with Crippen LogP contribution in [0.5, 0.6) is 0 Å². The van der Waals surface area contributed by atoms with Crippen molar-refractivity contribution in [3.63, 3.8) is 0 Å². The van der Waals surface area contributed by atoms with E-state index in [0.717, 1.165) is 21.2 Å². The SMILES string of the molecule is CCOC(=O)c1ccccc1P(c1ccccc1)c1ccccc1.ClCCl.O=C(O)c1ccccc1P(c1ccccc1)c1ccccc1. The molecule has 0 saturated heterocycles. The molecular formula is C41H36Cl2O4P2. The zero-order valence-electron chi connectivity index (χ0n) is 26.9. The lowest BCUT2D eigenvalue weighted by atomic mass is 10.2. The average Bonchev–Trinajstić information content (AvgIpc) is 3.15. The lowest BCUT2D eigenvalue weighted by molar-refractivity contribution is 0.0527. The minimum absolute atomic E-state index is 0.194. The highest BCUT2D eigenvalue weighted by atomic mass is 35.5. The number of esters is 1. The Hall–Kier alpha value is -4.30. The van der Waals surface area contributed by atoms with Crippen molar-refractivity contribution in [2.75, 3.05) is 11.9 Å². The van der Waals surface area contributed by atoms with E-state index >= 15 is 0 Å². The summed E-state index contributed by atoms with van der Waals surface area (Å²) in [7, 11) is -1.69. The van der Waals surface area contributed by atoms with Crippen LogP contribution in [0.3, 0.4) is 0 Å². The second kappa shape index (κ2) is 20.3. The summed E-state index contributed by atoms with van der Waals surface area (Å²) in [6, 6.07) is 56.0. The van der Waals surface area contributed by atoms with Gasteiger partial charge >= 0.3 is 11.9 Å². The van der Waals surface area contributed by atoms with E-state index in [2.05, 4.69) is 48.5 Å². The van der Waals surface area contributed by atoms with Gasteiger partial charge in [0, 0.05) is 0 Å². The van der Waals surface area contributed by atoms with Crippen LogP contribution < -0.4 is 31.8 Å². The molecule has 0 heterocycles. The molecule has 4 nitrogen and oxygen atoms in total. The van der Waals surface area contributed by atoms with E-state index < -0.39 is 21.8 Å². The summed E-state index contributed by atoms with van der Waals surface area (Å²) in [5.74, 6) is -1.14. The van der Waals surface area contributed by atoms with Crippen LogP contribution in [0.4, 0.5) is 0 Å². The molecule has 6 rings (SSSR count). The van der Waals surface area contributed by atoms with E-state index in [1.165, 1.54) is 10.6 Å². The fourth-order valence-corrected chi connectivity index (χ4v) is 9.94. The highest BCUT2D eigenvalue weighted by Crippen LogP contribution is 2.35. The van der Waals surface area contributed by atoms with Gasteiger partial charge in [-0.05, 0) is 66.7 Å². The van der Waals surface area contributed by atoms with Crippen LogP contribution in [0, 0.1) is 0 Å². The number of hydrogen-bond acceptors (Lipinski definition) is 3. The van der Waals surface area contributed by atoms with Crippen molar-refractivity contribution >= 4 is 82.8 Å². The third kappa shape index (κ3) is 10.6. The molecule has 49 heavy (non-hydrogen) atoms. The molecule has 0 fully saturated rings. The Kier molecular flexibility index (Phi) is 15.5. The third-order valence-electron chi connectivity index (χ3n) is 7.07. The minimum Gasteiger partial charge on any atom is -0.478 e. The third-order valence-corrected chi connectivity index (χ3v) is 12.1. The van der Waals surface area contributed by atoms with Gasteiger partial charge in [-0.1, -0.05) is 158 Å². The Bertz CT molecular complexity index is 1800. The van der Waals surface area contributed by atoms with E-state index in [4.69, 9.17) is 27.9 Å². The number of benzene rings is 6. The first kappa shape index (κ1) is 37.5. The van der Waals surface area contributed by atoms with E-state index in [0.29, 0.717) is 17.7 Å². The fraction of sp³-hybridized carbons (Fsp3) is 0.0732. The van der Waals surface area contributed by atoms with E-state index in [9.17, 15) is 14.7 Å². The Morgan fingerprint density at radius 1 is 0.510 bits per heavy atom. The number of alkyl halides is 2. The summed E-state index contributed by atoms with van der Waals surface area (Å²) < 4.78 is 5.26. The van der Waals surface area contributed by atoms with E-state index in [-0.39, 0.29) is 11.3 Å². The van der Waals surface area contributed by atoms with Crippen molar-refractivity contribution in [1.82, 2.24) is 0 Å². The van der Waals surface area contributed by atoms with Crippen LogP contribution in [-0.4, -0.2) is 29.0 Å². The first-order valence-electron chi connectivity index (χ1n) is 15.5. The molecule has 0 atom stereocenters. The van der Waals surface area contributed by atoms with Crippen LogP contribution in [-0.2, 0) is 4.74 Å². The van der Waals surface area contributed by atoms with Gasteiger partial charge in [-0.2, -0.15) is 0 Å². The Balaban J connectivity index is 0.000000205. The number of carboxylic acid groups (broad SMARTS) is 1. The number of hydrogen-bond donors (Lipinski definition) is 1. The van der Waals surface area contributed by atoms with Crippen molar-refractivity contribution < 1.29 is 19.4 Å². The molecule has 1 N–H and O–H groups in total. The van der Waals surface area contributed by atoms with E-state index in [1.807, 2.05) is 116 Å². The number of carbonyl (C=O) groups excluding carboxylic acids is 1. The molecule has 0 radical (unpaired) electrons. The average molecular weight is 726 g/mol. The van der Waals surface area contributed by atoms with Crippen LogP contribution in [0.1, 0.15) is 27.6 Å². The second-order valence-corrected chi connectivity index (χ2v) is 15.4. The normalized spacial score (nSPS) is 10.3. The van der Waals surface area contributed by atoms with Crippen LogP contribution in [0.25, 0.3) is 0 Å². The van der Waals surface area contributed by atoms with Crippen molar-refractivity contribution in [1.29, 1.82) is 0 Å². The molecule has 0 amide bonds. The second-order valence-electron chi connectivity index (χ2n) is 10.2. The van der Waals surface area contributed by atoms with Gasteiger partial charge in [0.25, 0.3) is 0 Å². The molecule has 248 valence electrons. The fourth-order valence-electron chi connectivity index (χ4n) is 5.06. The topological polar surface area (TPSA) is 63.6 Å². The van der Waals surface area contributed by atoms with E-state index in [1.54, 1.807) is 12.1 Å². The lowest BCUT2D eigenvalue weighted by Crippen LogP contribution is -2.25. The maximum atomic E-state index is 12.4.